The van der Waals surface area contributed by atoms with Crippen molar-refractivity contribution in [3.8, 4) is 5.75 Å². The van der Waals surface area contributed by atoms with Crippen LogP contribution in [0.1, 0.15) is 113 Å². The standard InChI is InChI=1S/C32H36N2O6/c1-2-3-4-5-6-7-8-9-10-13-20-40-32(39)23-17-18-25-27(21-23)31(38)34(30(25)37)33-29(36)26-19-16-22-14-11-12-15-24(22)28(26)35/h11-12,14-19,21,35H,2-10,13,20H2,1H3,(H,33,36). The lowest BCUT2D eigenvalue weighted by atomic mass is 10.1. The van der Waals surface area contributed by atoms with Crippen molar-refractivity contribution in [1.82, 2.24) is 10.4 Å². The van der Waals surface area contributed by atoms with Gasteiger partial charge in [-0.1, -0.05) is 95.0 Å². The third-order valence-electron chi connectivity index (χ3n) is 7.21. The van der Waals surface area contributed by atoms with Crippen molar-refractivity contribution in [2.45, 2.75) is 71.1 Å². The Morgan fingerprint density at radius 3 is 2.17 bits per heavy atom. The Labute approximate surface area is 234 Å². The lowest BCUT2D eigenvalue weighted by molar-refractivity contribution is 0.0497. The number of fused-ring (bicyclic) bond motifs is 2. The molecule has 3 aromatic carbocycles. The van der Waals surface area contributed by atoms with E-state index in [0.717, 1.165) is 24.6 Å². The summed E-state index contributed by atoms with van der Waals surface area (Å²) in [5, 5.41) is 12.4. The first-order chi connectivity index (χ1) is 19.4. The van der Waals surface area contributed by atoms with Gasteiger partial charge in [-0.05, 0) is 36.1 Å². The number of hydrazine groups is 1. The topological polar surface area (TPSA) is 113 Å². The fraction of sp³-hybridized carbons (Fsp3) is 0.375. The molecule has 4 rings (SSSR count). The summed E-state index contributed by atoms with van der Waals surface area (Å²) in [5.74, 6) is -3.12. The molecule has 1 aliphatic rings. The van der Waals surface area contributed by atoms with E-state index in [1.165, 1.54) is 69.2 Å². The molecular formula is C32H36N2O6. The number of nitrogens with zero attached hydrogens (tertiary/aromatic N) is 1. The second kappa shape index (κ2) is 13.7. The van der Waals surface area contributed by atoms with E-state index in [9.17, 15) is 24.3 Å². The van der Waals surface area contributed by atoms with E-state index in [1.807, 2.05) is 6.07 Å². The number of carbonyl (C=O) groups is 4. The molecule has 1 aliphatic heterocycles. The Hall–Kier alpha value is -4.20. The number of carbonyl (C=O) groups excluding carboxylic acids is 4. The number of benzene rings is 3. The molecule has 210 valence electrons. The molecule has 0 aromatic heterocycles. The van der Waals surface area contributed by atoms with Gasteiger partial charge in [-0.25, -0.2) is 4.79 Å². The second-order valence-electron chi connectivity index (χ2n) is 10.1. The van der Waals surface area contributed by atoms with Gasteiger partial charge in [-0.2, -0.15) is 5.01 Å². The predicted octanol–water partition coefficient (Wildman–Crippen LogP) is 6.56. The van der Waals surface area contributed by atoms with E-state index in [4.69, 9.17) is 4.74 Å². The van der Waals surface area contributed by atoms with E-state index in [2.05, 4.69) is 12.3 Å². The quantitative estimate of drug-likeness (QED) is 0.135. The molecule has 8 nitrogen and oxygen atoms in total. The molecule has 0 atom stereocenters. The Balaban J connectivity index is 1.28. The fourth-order valence-electron chi connectivity index (χ4n) is 4.91. The summed E-state index contributed by atoms with van der Waals surface area (Å²) in [6, 6.07) is 14.2. The van der Waals surface area contributed by atoms with E-state index in [0.29, 0.717) is 10.4 Å². The van der Waals surface area contributed by atoms with Gasteiger partial charge >= 0.3 is 5.97 Å². The first kappa shape index (κ1) is 28.8. The number of ether oxygens (including phenoxy) is 1. The lowest BCUT2D eigenvalue weighted by Gasteiger charge is -2.16. The Kier molecular flexibility index (Phi) is 9.89. The largest absolute Gasteiger partial charge is 0.506 e. The van der Waals surface area contributed by atoms with Crippen molar-refractivity contribution in [3.05, 3.63) is 76.9 Å². The van der Waals surface area contributed by atoms with Gasteiger partial charge in [0.05, 0.1) is 28.9 Å². The Morgan fingerprint density at radius 2 is 1.45 bits per heavy atom. The van der Waals surface area contributed by atoms with Crippen molar-refractivity contribution < 1.29 is 29.0 Å². The number of amides is 3. The van der Waals surface area contributed by atoms with Crippen LogP contribution in [0.4, 0.5) is 0 Å². The number of rotatable bonds is 14. The lowest BCUT2D eigenvalue weighted by Crippen LogP contribution is -2.45. The molecule has 0 saturated carbocycles. The molecule has 0 aliphatic carbocycles. The van der Waals surface area contributed by atoms with Crippen LogP contribution in [0.3, 0.4) is 0 Å². The van der Waals surface area contributed by atoms with E-state index < -0.39 is 23.7 Å². The van der Waals surface area contributed by atoms with Crippen LogP contribution in [-0.2, 0) is 4.74 Å². The number of phenolic OH excluding ortho intramolecular Hbond substituents is 1. The summed E-state index contributed by atoms with van der Waals surface area (Å²) >= 11 is 0. The molecular weight excluding hydrogens is 508 g/mol. The minimum Gasteiger partial charge on any atom is -0.506 e. The van der Waals surface area contributed by atoms with Crippen molar-refractivity contribution >= 4 is 34.5 Å². The number of nitrogens with one attached hydrogen (secondary N) is 1. The van der Waals surface area contributed by atoms with Crippen LogP contribution in [-0.4, -0.2) is 40.4 Å². The maximum atomic E-state index is 13.0. The van der Waals surface area contributed by atoms with Gasteiger partial charge in [-0.15, -0.1) is 0 Å². The van der Waals surface area contributed by atoms with Crippen LogP contribution in [0, 0.1) is 0 Å². The van der Waals surface area contributed by atoms with Crippen LogP contribution in [0.25, 0.3) is 10.8 Å². The molecule has 0 saturated heterocycles. The van der Waals surface area contributed by atoms with Crippen LogP contribution < -0.4 is 5.43 Å². The monoisotopic (exact) mass is 544 g/mol. The number of esters is 1. The van der Waals surface area contributed by atoms with Gasteiger partial charge in [0.15, 0.2) is 0 Å². The molecule has 3 amide bonds. The smallest absolute Gasteiger partial charge is 0.338 e. The molecule has 2 N–H and O–H groups in total. The van der Waals surface area contributed by atoms with E-state index in [-0.39, 0.29) is 34.6 Å². The number of hydrogen-bond donors (Lipinski definition) is 2. The van der Waals surface area contributed by atoms with Crippen molar-refractivity contribution in [2.24, 2.45) is 0 Å². The normalized spacial score (nSPS) is 12.6. The summed E-state index contributed by atoms with van der Waals surface area (Å²) in [5.41, 5.74) is 2.44. The number of unbranched alkanes of at least 4 members (excludes halogenated alkanes) is 9. The maximum absolute atomic E-state index is 13.0. The Morgan fingerprint density at radius 1 is 0.800 bits per heavy atom. The van der Waals surface area contributed by atoms with Crippen LogP contribution in [0.15, 0.2) is 54.6 Å². The summed E-state index contributed by atoms with van der Waals surface area (Å²) < 4.78 is 5.37. The second-order valence-corrected chi connectivity index (χ2v) is 10.1. The van der Waals surface area contributed by atoms with Crippen molar-refractivity contribution in [3.63, 3.8) is 0 Å². The van der Waals surface area contributed by atoms with Gasteiger partial charge in [0.25, 0.3) is 17.7 Å². The first-order valence-electron chi connectivity index (χ1n) is 14.1. The molecule has 0 unspecified atom stereocenters. The number of aromatic hydroxyl groups is 1. The van der Waals surface area contributed by atoms with Gasteiger partial charge < -0.3 is 9.84 Å². The van der Waals surface area contributed by atoms with Gasteiger partial charge in [0, 0.05) is 5.39 Å². The summed E-state index contributed by atoms with van der Waals surface area (Å²) in [7, 11) is 0. The van der Waals surface area contributed by atoms with Gasteiger partial charge in [0.1, 0.15) is 5.75 Å². The minimum absolute atomic E-state index is 0.00131. The molecule has 8 heteroatoms. The SMILES string of the molecule is CCCCCCCCCCCCOC(=O)c1ccc2c(c1)C(=O)N(NC(=O)c1ccc3ccccc3c1O)C2=O. The van der Waals surface area contributed by atoms with Crippen LogP contribution in [0.2, 0.25) is 0 Å². The third-order valence-corrected chi connectivity index (χ3v) is 7.21. The van der Waals surface area contributed by atoms with Crippen LogP contribution >= 0.6 is 0 Å². The highest BCUT2D eigenvalue weighted by atomic mass is 16.5. The first-order valence-corrected chi connectivity index (χ1v) is 14.1. The molecule has 1 heterocycles. The summed E-state index contributed by atoms with van der Waals surface area (Å²) in [6.45, 7) is 2.51. The number of imide groups is 1. The minimum atomic E-state index is -0.811. The zero-order valence-corrected chi connectivity index (χ0v) is 22.9. The van der Waals surface area contributed by atoms with Crippen LogP contribution in [0.5, 0.6) is 5.75 Å². The zero-order valence-electron chi connectivity index (χ0n) is 22.9. The summed E-state index contributed by atoms with van der Waals surface area (Å²) in [4.78, 5) is 51.3. The maximum Gasteiger partial charge on any atom is 0.338 e. The highest BCUT2D eigenvalue weighted by Gasteiger charge is 2.38. The molecule has 3 aromatic rings. The molecule has 0 radical (unpaired) electrons. The number of hydrogen-bond acceptors (Lipinski definition) is 6. The van der Waals surface area contributed by atoms with E-state index in [1.54, 1.807) is 24.3 Å². The highest BCUT2D eigenvalue weighted by Crippen LogP contribution is 2.29. The van der Waals surface area contributed by atoms with Crippen molar-refractivity contribution in [2.75, 3.05) is 6.61 Å². The fourth-order valence-corrected chi connectivity index (χ4v) is 4.91. The zero-order chi connectivity index (χ0) is 28.5. The van der Waals surface area contributed by atoms with Crippen molar-refractivity contribution in [1.29, 1.82) is 0 Å². The molecule has 0 fully saturated rings. The third kappa shape index (κ3) is 6.68. The van der Waals surface area contributed by atoms with Gasteiger partial charge in [-0.3, -0.25) is 19.8 Å². The highest BCUT2D eigenvalue weighted by molar-refractivity contribution is 6.22. The van der Waals surface area contributed by atoms with E-state index >= 15 is 0 Å². The molecule has 0 bridgehead atoms. The summed E-state index contributed by atoms with van der Waals surface area (Å²) in [6.07, 6.45) is 11.8. The molecule has 40 heavy (non-hydrogen) atoms. The molecule has 0 spiro atoms. The van der Waals surface area contributed by atoms with Gasteiger partial charge in [0.2, 0.25) is 0 Å². The average molecular weight is 545 g/mol. The predicted molar refractivity (Wildman–Crippen MR) is 152 cm³/mol. The Bertz CT molecular complexity index is 1400. The number of phenols is 1. The average Bonchev–Trinajstić information content (AvgIpc) is 3.20.